The zero-order chi connectivity index (χ0) is 15.7. The van der Waals surface area contributed by atoms with Crippen molar-refractivity contribution in [2.24, 2.45) is 5.92 Å². The molecule has 0 aliphatic rings. The molecule has 1 unspecified atom stereocenters. The maximum atomic E-state index is 10.5. The van der Waals surface area contributed by atoms with E-state index in [0.717, 1.165) is 37.2 Å². The third-order valence-corrected chi connectivity index (χ3v) is 3.54. The molecular weight excluding hydrogens is 266 g/mol. The van der Waals surface area contributed by atoms with Crippen LogP contribution < -0.4 is 10.1 Å². The van der Waals surface area contributed by atoms with Gasteiger partial charge in [-0.1, -0.05) is 19.1 Å². The largest absolute Gasteiger partial charge is 0.492 e. The van der Waals surface area contributed by atoms with Crippen LogP contribution in [-0.2, 0) is 4.79 Å². The predicted octanol–water partition coefficient (Wildman–Crippen LogP) is 3.16. The van der Waals surface area contributed by atoms with E-state index in [-0.39, 0.29) is 6.42 Å². The monoisotopic (exact) mass is 293 g/mol. The molecule has 0 fully saturated rings. The number of hydrogen-bond donors (Lipinski definition) is 2. The normalized spacial score (nSPS) is 12.1. The van der Waals surface area contributed by atoms with E-state index >= 15 is 0 Å². The van der Waals surface area contributed by atoms with Crippen LogP contribution >= 0.6 is 0 Å². The summed E-state index contributed by atoms with van der Waals surface area (Å²) < 4.78 is 5.76. The first kappa shape index (κ1) is 17.5. The molecule has 0 heterocycles. The molecule has 1 aromatic carbocycles. The van der Waals surface area contributed by atoms with E-state index in [0.29, 0.717) is 12.5 Å². The van der Waals surface area contributed by atoms with Gasteiger partial charge in [0.1, 0.15) is 12.4 Å². The van der Waals surface area contributed by atoms with Crippen molar-refractivity contribution in [1.82, 2.24) is 5.32 Å². The van der Waals surface area contributed by atoms with Gasteiger partial charge in [0.25, 0.3) is 0 Å². The highest BCUT2D eigenvalue weighted by Crippen LogP contribution is 2.18. The molecule has 118 valence electrons. The number of ether oxygens (including phenoxy) is 1. The molecule has 2 N–H and O–H groups in total. The summed E-state index contributed by atoms with van der Waals surface area (Å²) in [6, 6.07) is 6.21. The zero-order valence-electron chi connectivity index (χ0n) is 13.3. The number of carboxylic acids is 1. The smallest absolute Gasteiger partial charge is 0.303 e. The van der Waals surface area contributed by atoms with Gasteiger partial charge in [0, 0.05) is 13.0 Å². The van der Waals surface area contributed by atoms with Crippen LogP contribution in [0, 0.1) is 19.8 Å². The van der Waals surface area contributed by atoms with Crippen molar-refractivity contribution in [1.29, 1.82) is 0 Å². The molecule has 0 radical (unpaired) electrons. The second-order valence-corrected chi connectivity index (χ2v) is 5.69. The molecule has 1 aromatic rings. The van der Waals surface area contributed by atoms with Gasteiger partial charge in [-0.3, -0.25) is 4.79 Å². The Morgan fingerprint density at radius 2 is 2.05 bits per heavy atom. The number of benzene rings is 1. The van der Waals surface area contributed by atoms with E-state index < -0.39 is 5.97 Å². The van der Waals surface area contributed by atoms with Gasteiger partial charge in [0.05, 0.1) is 0 Å². The van der Waals surface area contributed by atoms with Crippen molar-refractivity contribution in [3.05, 3.63) is 29.3 Å². The summed E-state index contributed by atoms with van der Waals surface area (Å²) in [4.78, 5) is 10.5. The van der Waals surface area contributed by atoms with E-state index in [1.807, 2.05) is 6.92 Å². The van der Waals surface area contributed by atoms with Crippen LogP contribution in [-0.4, -0.2) is 30.8 Å². The Balaban J connectivity index is 2.09. The predicted molar refractivity (Wildman–Crippen MR) is 84.9 cm³/mol. The first-order chi connectivity index (χ1) is 9.99. The molecule has 0 saturated carbocycles. The Morgan fingerprint density at radius 3 is 2.76 bits per heavy atom. The lowest BCUT2D eigenvalue weighted by molar-refractivity contribution is -0.137. The number of aliphatic carboxylic acids is 1. The number of hydrogen-bond acceptors (Lipinski definition) is 3. The molecule has 4 heteroatoms. The molecule has 0 bridgehead atoms. The zero-order valence-corrected chi connectivity index (χ0v) is 13.3. The summed E-state index contributed by atoms with van der Waals surface area (Å²) in [5.41, 5.74) is 2.36. The Hall–Kier alpha value is -1.55. The van der Waals surface area contributed by atoms with Crippen LogP contribution in [0.15, 0.2) is 18.2 Å². The average molecular weight is 293 g/mol. The highest BCUT2D eigenvalue weighted by atomic mass is 16.5. The molecule has 0 aliphatic carbocycles. The third-order valence-electron chi connectivity index (χ3n) is 3.54. The molecular formula is C17H27NO3. The number of carboxylic acid groups (broad SMARTS) is 1. The van der Waals surface area contributed by atoms with Crippen molar-refractivity contribution in [3.63, 3.8) is 0 Å². The first-order valence-electron chi connectivity index (χ1n) is 7.61. The van der Waals surface area contributed by atoms with Crippen molar-refractivity contribution in [2.45, 2.75) is 40.0 Å². The van der Waals surface area contributed by atoms with Gasteiger partial charge in [-0.2, -0.15) is 0 Å². The standard InChI is InChI=1S/C17H27NO3/c1-13(5-7-17(19)20)8-9-18-10-11-21-16-12-14(2)4-6-15(16)3/h4,6,12-13,18H,5,7-11H2,1-3H3,(H,19,20). The fourth-order valence-electron chi connectivity index (χ4n) is 2.08. The van der Waals surface area contributed by atoms with Gasteiger partial charge in [-0.15, -0.1) is 0 Å². The lowest BCUT2D eigenvalue weighted by Crippen LogP contribution is -2.23. The Kier molecular flexibility index (Phi) is 7.83. The van der Waals surface area contributed by atoms with Gasteiger partial charge in [0.15, 0.2) is 0 Å². The minimum atomic E-state index is -0.711. The number of carbonyl (C=O) groups is 1. The van der Waals surface area contributed by atoms with Crippen molar-refractivity contribution in [2.75, 3.05) is 19.7 Å². The van der Waals surface area contributed by atoms with E-state index in [1.165, 1.54) is 5.56 Å². The number of rotatable bonds is 10. The second kappa shape index (κ2) is 9.40. The van der Waals surface area contributed by atoms with E-state index in [4.69, 9.17) is 9.84 Å². The Bertz CT molecular complexity index is 446. The SMILES string of the molecule is Cc1ccc(C)c(OCCNCCC(C)CCC(=O)O)c1. The summed E-state index contributed by atoms with van der Waals surface area (Å²) in [6.07, 6.45) is 2.00. The highest BCUT2D eigenvalue weighted by Gasteiger charge is 2.05. The molecule has 0 saturated heterocycles. The summed E-state index contributed by atoms with van der Waals surface area (Å²) in [7, 11) is 0. The third kappa shape index (κ3) is 7.71. The second-order valence-electron chi connectivity index (χ2n) is 5.69. The maximum Gasteiger partial charge on any atom is 0.303 e. The van der Waals surface area contributed by atoms with Crippen LogP contribution in [0.3, 0.4) is 0 Å². The van der Waals surface area contributed by atoms with Gasteiger partial charge in [0.2, 0.25) is 0 Å². The van der Waals surface area contributed by atoms with Crippen molar-refractivity contribution >= 4 is 5.97 Å². The highest BCUT2D eigenvalue weighted by molar-refractivity contribution is 5.66. The molecule has 4 nitrogen and oxygen atoms in total. The van der Waals surface area contributed by atoms with Gasteiger partial charge in [-0.25, -0.2) is 0 Å². The van der Waals surface area contributed by atoms with Crippen molar-refractivity contribution < 1.29 is 14.6 Å². The molecule has 1 atom stereocenters. The molecule has 21 heavy (non-hydrogen) atoms. The summed E-state index contributed by atoms with van der Waals surface area (Å²) in [5, 5.41) is 12.0. The summed E-state index contributed by atoms with van der Waals surface area (Å²) >= 11 is 0. The van der Waals surface area contributed by atoms with E-state index in [2.05, 4.69) is 37.4 Å². The molecule has 0 aliphatic heterocycles. The van der Waals surface area contributed by atoms with Gasteiger partial charge in [-0.05, 0) is 56.3 Å². The summed E-state index contributed by atoms with van der Waals surface area (Å²) in [6.45, 7) is 8.55. The number of aryl methyl sites for hydroxylation is 2. The van der Waals surface area contributed by atoms with Crippen LogP contribution in [0.1, 0.15) is 37.3 Å². The van der Waals surface area contributed by atoms with Crippen LogP contribution in [0.2, 0.25) is 0 Å². The lowest BCUT2D eigenvalue weighted by atomic mass is 10.0. The van der Waals surface area contributed by atoms with E-state index in [1.54, 1.807) is 0 Å². The summed E-state index contributed by atoms with van der Waals surface area (Å²) in [5.74, 6) is 0.678. The van der Waals surface area contributed by atoms with Gasteiger partial charge >= 0.3 is 5.97 Å². The first-order valence-corrected chi connectivity index (χ1v) is 7.61. The molecule has 1 rings (SSSR count). The topological polar surface area (TPSA) is 58.6 Å². The van der Waals surface area contributed by atoms with Crippen LogP contribution in [0.4, 0.5) is 0 Å². The molecule has 0 spiro atoms. The minimum Gasteiger partial charge on any atom is -0.492 e. The Morgan fingerprint density at radius 1 is 1.29 bits per heavy atom. The average Bonchev–Trinajstić information content (AvgIpc) is 2.44. The maximum absolute atomic E-state index is 10.5. The van der Waals surface area contributed by atoms with Crippen LogP contribution in [0.25, 0.3) is 0 Å². The Labute approximate surface area is 127 Å². The lowest BCUT2D eigenvalue weighted by Gasteiger charge is -2.12. The quantitative estimate of drug-likeness (QED) is 0.651. The fourth-order valence-corrected chi connectivity index (χ4v) is 2.08. The van der Waals surface area contributed by atoms with Crippen LogP contribution in [0.5, 0.6) is 5.75 Å². The fraction of sp³-hybridized carbons (Fsp3) is 0.588. The molecule has 0 amide bonds. The van der Waals surface area contributed by atoms with Crippen molar-refractivity contribution in [3.8, 4) is 5.75 Å². The molecule has 0 aromatic heterocycles. The number of nitrogens with one attached hydrogen (secondary N) is 1. The van der Waals surface area contributed by atoms with E-state index in [9.17, 15) is 4.79 Å². The minimum absolute atomic E-state index is 0.261. The van der Waals surface area contributed by atoms with Gasteiger partial charge < -0.3 is 15.2 Å².